The summed E-state index contributed by atoms with van der Waals surface area (Å²) in [6.45, 7) is 4.45. The van der Waals surface area contributed by atoms with Gasteiger partial charge in [0.25, 0.3) is 0 Å². The molecule has 15 heavy (non-hydrogen) atoms. The molecule has 77 valence electrons. The minimum Gasteiger partial charge on any atom is -0.358 e. The average Bonchev–Trinajstić information content (AvgIpc) is 2.17. The minimum atomic E-state index is 0. The first-order valence-corrected chi connectivity index (χ1v) is 4.76. The van der Waals surface area contributed by atoms with Gasteiger partial charge in [0.1, 0.15) is 0 Å². The predicted octanol–water partition coefficient (Wildman–Crippen LogP) is 4.41. The topological polar surface area (TPSA) is 0 Å². The zero-order chi connectivity index (χ0) is 9.26. The predicted molar refractivity (Wildman–Crippen MR) is 64.5 cm³/mol. The molecule has 0 spiro atoms. The van der Waals surface area contributed by atoms with E-state index in [1.54, 1.807) is 0 Å². The quantitative estimate of drug-likeness (QED) is 0.676. The van der Waals surface area contributed by atoms with Gasteiger partial charge in [-0.25, -0.2) is 0 Å². The molecular weight excluding hydrogens is 257 g/mol. The Bertz CT molecular complexity index is 418. The monoisotopic (exact) mass is 274 g/mol. The van der Waals surface area contributed by atoms with Crippen molar-refractivity contribution in [2.24, 2.45) is 0 Å². The van der Waals surface area contributed by atoms with Crippen LogP contribution in [0.15, 0.2) is 42.5 Å². The van der Waals surface area contributed by atoms with Crippen LogP contribution < -0.4 is 0 Å². The number of benzene rings is 2. The van der Waals surface area contributed by atoms with Crippen molar-refractivity contribution in [3.63, 3.8) is 0 Å². The Labute approximate surface area is 118 Å². The Morgan fingerprint density at radius 1 is 0.867 bits per heavy atom. The summed E-state index contributed by atoms with van der Waals surface area (Å²) in [5.41, 5.74) is 1.42. The van der Waals surface area contributed by atoms with E-state index >= 15 is 0 Å². The first kappa shape index (κ1) is 14.8. The van der Waals surface area contributed by atoms with Crippen molar-refractivity contribution in [1.29, 1.82) is 0 Å². The van der Waals surface area contributed by atoms with E-state index in [0.717, 1.165) is 0 Å². The maximum atomic E-state index is 2.28. The van der Waals surface area contributed by atoms with Gasteiger partial charge in [-0.2, -0.15) is 0 Å². The molecule has 0 N–H and O–H groups in total. The van der Waals surface area contributed by atoms with Crippen molar-refractivity contribution in [1.82, 2.24) is 0 Å². The van der Waals surface area contributed by atoms with Crippen LogP contribution in [-0.2, 0) is 32.7 Å². The third-order valence-corrected chi connectivity index (χ3v) is 2.44. The number of rotatable bonds is 1. The Morgan fingerprint density at radius 3 is 2.07 bits per heavy atom. The van der Waals surface area contributed by atoms with Crippen LogP contribution in [0.2, 0.25) is 0 Å². The molecule has 0 amide bonds. The van der Waals surface area contributed by atoms with Gasteiger partial charge in [-0.15, -0.1) is 0 Å². The van der Waals surface area contributed by atoms with E-state index in [4.69, 9.17) is 0 Å². The van der Waals surface area contributed by atoms with Crippen LogP contribution in [-0.4, -0.2) is 0 Å². The molecule has 0 aliphatic carbocycles. The Kier molecular flexibility index (Phi) is 6.32. The Hall–Kier alpha value is -0.196. The van der Waals surface area contributed by atoms with Gasteiger partial charge < -0.3 is 7.43 Å². The standard InChI is InChI=1S/C13H14.CH3.Y/c1-10(2)12-8-7-11-5-3-4-6-13(11)9-12;;/h3-10H,1-2H3;1H3;/q;-1;. The molecule has 2 aromatic carbocycles. The van der Waals surface area contributed by atoms with Crippen LogP contribution in [0, 0.1) is 7.43 Å². The summed E-state index contributed by atoms with van der Waals surface area (Å²) < 4.78 is 0. The van der Waals surface area contributed by atoms with Crippen LogP contribution in [0.1, 0.15) is 25.3 Å². The zero-order valence-corrected chi connectivity index (χ0v) is 12.5. The SMILES string of the molecule is CC(C)c1ccc2ccccc2c1.[CH3-].[Y]. The molecule has 0 saturated carbocycles. The molecule has 0 nitrogen and oxygen atoms in total. The van der Waals surface area contributed by atoms with E-state index in [9.17, 15) is 0 Å². The molecule has 0 unspecified atom stereocenters. The van der Waals surface area contributed by atoms with Crippen molar-refractivity contribution in [2.75, 3.05) is 0 Å². The molecule has 1 heteroatoms. The molecule has 0 aliphatic heterocycles. The fourth-order valence-electron chi connectivity index (χ4n) is 1.57. The summed E-state index contributed by atoms with van der Waals surface area (Å²) in [7, 11) is 0. The molecule has 0 aliphatic rings. The normalized spacial score (nSPS) is 9.53. The first-order chi connectivity index (χ1) is 6.27. The average molecular weight is 274 g/mol. The van der Waals surface area contributed by atoms with Gasteiger partial charge in [0.05, 0.1) is 0 Å². The van der Waals surface area contributed by atoms with Crippen molar-refractivity contribution in [2.45, 2.75) is 19.8 Å². The smallest absolute Gasteiger partial charge is 0 e. The van der Waals surface area contributed by atoms with Crippen LogP contribution in [0.25, 0.3) is 10.8 Å². The van der Waals surface area contributed by atoms with Crippen molar-refractivity contribution in [3.05, 3.63) is 55.5 Å². The molecule has 0 fully saturated rings. The van der Waals surface area contributed by atoms with Crippen molar-refractivity contribution >= 4 is 10.8 Å². The summed E-state index contributed by atoms with van der Waals surface area (Å²) in [6, 6.07) is 15.2. The number of hydrogen-bond acceptors (Lipinski definition) is 0. The van der Waals surface area contributed by atoms with E-state index in [0.29, 0.717) is 5.92 Å². The molecule has 1 radical (unpaired) electrons. The van der Waals surface area contributed by atoms with Crippen LogP contribution in [0.5, 0.6) is 0 Å². The van der Waals surface area contributed by atoms with Crippen molar-refractivity contribution < 1.29 is 32.7 Å². The van der Waals surface area contributed by atoms with Crippen molar-refractivity contribution in [3.8, 4) is 0 Å². The van der Waals surface area contributed by atoms with Gasteiger partial charge in [-0.1, -0.05) is 56.3 Å². The van der Waals surface area contributed by atoms with E-state index in [2.05, 4.69) is 56.3 Å². The van der Waals surface area contributed by atoms with Gasteiger partial charge in [0.2, 0.25) is 0 Å². The molecule has 0 bridgehead atoms. The van der Waals surface area contributed by atoms with E-state index in [-0.39, 0.29) is 40.1 Å². The molecule has 0 heterocycles. The van der Waals surface area contributed by atoms with E-state index in [1.807, 2.05) is 0 Å². The van der Waals surface area contributed by atoms with Gasteiger partial charge in [0.15, 0.2) is 0 Å². The fourth-order valence-corrected chi connectivity index (χ4v) is 1.57. The second-order valence-electron chi connectivity index (χ2n) is 3.76. The fraction of sp³-hybridized carbons (Fsp3) is 0.214. The molecule has 0 aromatic heterocycles. The van der Waals surface area contributed by atoms with Gasteiger partial charge in [-0.05, 0) is 22.3 Å². The molecule has 0 atom stereocenters. The number of hydrogen-bond donors (Lipinski definition) is 0. The van der Waals surface area contributed by atoms with Gasteiger partial charge in [0, 0.05) is 32.7 Å². The molecule has 2 rings (SSSR count). The third kappa shape index (κ3) is 3.39. The van der Waals surface area contributed by atoms with Crippen LogP contribution in [0.3, 0.4) is 0 Å². The second kappa shape index (κ2) is 6.40. The minimum absolute atomic E-state index is 0. The van der Waals surface area contributed by atoms with Crippen LogP contribution in [0.4, 0.5) is 0 Å². The molecular formula is C14H17Y-. The maximum Gasteiger partial charge on any atom is 0 e. The summed E-state index contributed by atoms with van der Waals surface area (Å²) in [6.07, 6.45) is 0. The first-order valence-electron chi connectivity index (χ1n) is 4.76. The largest absolute Gasteiger partial charge is 0.358 e. The van der Waals surface area contributed by atoms with Gasteiger partial charge in [-0.3, -0.25) is 0 Å². The second-order valence-corrected chi connectivity index (χ2v) is 3.76. The third-order valence-electron chi connectivity index (χ3n) is 2.44. The molecule has 0 saturated heterocycles. The summed E-state index contributed by atoms with van der Waals surface area (Å²) in [5.74, 6) is 0.615. The Morgan fingerprint density at radius 2 is 1.47 bits per heavy atom. The summed E-state index contributed by atoms with van der Waals surface area (Å²) >= 11 is 0. The zero-order valence-electron chi connectivity index (χ0n) is 9.70. The summed E-state index contributed by atoms with van der Waals surface area (Å²) in [4.78, 5) is 0. The van der Waals surface area contributed by atoms with E-state index in [1.165, 1.54) is 16.3 Å². The van der Waals surface area contributed by atoms with Gasteiger partial charge >= 0.3 is 0 Å². The van der Waals surface area contributed by atoms with E-state index < -0.39 is 0 Å². The Balaban J connectivity index is 0.000000980. The van der Waals surface area contributed by atoms with Crippen LogP contribution >= 0.6 is 0 Å². The molecule has 2 aromatic rings. The number of fused-ring (bicyclic) bond motifs is 1. The maximum absolute atomic E-state index is 2.28. The summed E-state index contributed by atoms with van der Waals surface area (Å²) in [5, 5.41) is 2.67.